The highest BCUT2D eigenvalue weighted by Gasteiger charge is 2.39. The SMILES string of the molecule is Cc1cc(-c2cnc3c(NCCC(F)(F)F)cc(C#CCO)cn23)ccc1C(=O)NC1(C)CC1. The first kappa shape index (κ1) is 23.6. The molecule has 1 fully saturated rings. The lowest BCUT2D eigenvalue weighted by atomic mass is 10.0. The van der Waals surface area contributed by atoms with Crippen LogP contribution in [-0.2, 0) is 0 Å². The van der Waals surface area contributed by atoms with Gasteiger partial charge in [0, 0.05) is 35.0 Å². The molecule has 0 unspecified atom stereocenters. The first-order valence-corrected chi connectivity index (χ1v) is 10.9. The molecule has 0 saturated heterocycles. The smallest absolute Gasteiger partial charge is 0.384 e. The molecule has 3 N–H and O–H groups in total. The fraction of sp³-hybridized carbons (Fsp3) is 0.360. The summed E-state index contributed by atoms with van der Waals surface area (Å²) in [6.07, 6.45) is 0.0329. The predicted molar refractivity (Wildman–Crippen MR) is 124 cm³/mol. The number of nitrogens with zero attached hydrogens (tertiary/aromatic N) is 2. The normalized spacial score (nSPS) is 14.4. The Kier molecular flexibility index (Phi) is 6.28. The van der Waals surface area contributed by atoms with Gasteiger partial charge < -0.3 is 15.7 Å². The van der Waals surface area contributed by atoms with Crippen LogP contribution < -0.4 is 10.6 Å². The van der Waals surface area contributed by atoms with Crippen LogP contribution >= 0.6 is 0 Å². The second-order valence-corrected chi connectivity index (χ2v) is 8.78. The molecule has 9 heteroatoms. The quantitative estimate of drug-likeness (QED) is 0.470. The van der Waals surface area contributed by atoms with Crippen molar-refractivity contribution < 1.29 is 23.1 Å². The molecule has 1 aromatic carbocycles. The molecule has 1 saturated carbocycles. The number of alkyl halides is 3. The van der Waals surface area contributed by atoms with Gasteiger partial charge in [-0.1, -0.05) is 17.9 Å². The molecule has 6 nitrogen and oxygen atoms in total. The summed E-state index contributed by atoms with van der Waals surface area (Å²) in [6.45, 7) is 3.23. The minimum absolute atomic E-state index is 0.111. The summed E-state index contributed by atoms with van der Waals surface area (Å²) in [5.74, 6) is 5.25. The van der Waals surface area contributed by atoms with Gasteiger partial charge in [0.1, 0.15) is 6.61 Å². The minimum Gasteiger partial charge on any atom is -0.384 e. The fourth-order valence-electron chi connectivity index (χ4n) is 3.71. The van der Waals surface area contributed by atoms with Gasteiger partial charge in [0.2, 0.25) is 0 Å². The molecular weight excluding hydrogens is 445 g/mol. The molecule has 1 aliphatic rings. The summed E-state index contributed by atoms with van der Waals surface area (Å²) in [5.41, 5.74) is 4.15. The van der Waals surface area contributed by atoms with Crippen molar-refractivity contribution in [2.75, 3.05) is 18.5 Å². The van der Waals surface area contributed by atoms with Crippen LogP contribution in [0, 0.1) is 18.8 Å². The molecule has 0 spiro atoms. The summed E-state index contributed by atoms with van der Waals surface area (Å²) < 4.78 is 39.6. The number of aryl methyl sites for hydroxylation is 1. The molecule has 4 rings (SSSR count). The number of benzene rings is 1. The third kappa shape index (κ3) is 5.34. The van der Waals surface area contributed by atoms with E-state index in [0.29, 0.717) is 28.2 Å². The molecule has 2 heterocycles. The fourth-order valence-corrected chi connectivity index (χ4v) is 3.71. The van der Waals surface area contributed by atoms with Crippen molar-refractivity contribution in [3.8, 4) is 23.1 Å². The maximum absolute atomic E-state index is 12.6. The number of fused-ring (bicyclic) bond motifs is 1. The van der Waals surface area contributed by atoms with Crippen LogP contribution in [0.2, 0.25) is 0 Å². The van der Waals surface area contributed by atoms with E-state index in [1.54, 1.807) is 28.9 Å². The van der Waals surface area contributed by atoms with Gasteiger partial charge in [0.05, 0.1) is 24.0 Å². The van der Waals surface area contributed by atoms with Gasteiger partial charge in [-0.3, -0.25) is 9.20 Å². The van der Waals surface area contributed by atoms with Gasteiger partial charge in [-0.2, -0.15) is 13.2 Å². The van der Waals surface area contributed by atoms with Gasteiger partial charge >= 0.3 is 6.18 Å². The van der Waals surface area contributed by atoms with Crippen LogP contribution in [0.25, 0.3) is 16.9 Å². The van der Waals surface area contributed by atoms with Crippen LogP contribution in [0.3, 0.4) is 0 Å². The summed E-state index contributed by atoms with van der Waals surface area (Å²) in [6, 6.07) is 7.09. The average Bonchev–Trinajstić information content (AvgIpc) is 3.32. The van der Waals surface area contributed by atoms with E-state index in [4.69, 9.17) is 5.11 Å². The zero-order valence-electron chi connectivity index (χ0n) is 18.9. The third-order valence-corrected chi connectivity index (χ3v) is 5.82. The van der Waals surface area contributed by atoms with Crippen molar-refractivity contribution in [3.63, 3.8) is 0 Å². The van der Waals surface area contributed by atoms with Gasteiger partial charge in [0.15, 0.2) is 5.65 Å². The van der Waals surface area contributed by atoms with E-state index in [9.17, 15) is 18.0 Å². The first-order chi connectivity index (χ1) is 16.1. The lowest BCUT2D eigenvalue weighted by Gasteiger charge is -2.14. The van der Waals surface area contributed by atoms with Gasteiger partial charge in [-0.15, -0.1) is 0 Å². The Hall–Kier alpha value is -3.51. The standard InChI is InChI=1S/C25H25F3N4O2/c1-16-12-18(5-6-19(16)23(34)31-24(2)7-8-24)21-14-30-22-20(29-10-9-25(26,27)28)13-17(4-3-11-33)15-32(21)22/h5-6,12-15,29,33H,7-11H2,1-2H3,(H,31,34). The van der Waals surface area contributed by atoms with Crippen LogP contribution in [0.4, 0.5) is 18.9 Å². The number of anilines is 1. The van der Waals surface area contributed by atoms with Crippen molar-refractivity contribution in [2.24, 2.45) is 0 Å². The maximum atomic E-state index is 12.6. The molecule has 0 atom stereocenters. The van der Waals surface area contributed by atoms with E-state index in [1.165, 1.54) is 0 Å². The molecule has 34 heavy (non-hydrogen) atoms. The Balaban J connectivity index is 1.69. The van der Waals surface area contributed by atoms with Crippen LogP contribution in [0.5, 0.6) is 0 Å². The zero-order chi connectivity index (χ0) is 24.5. The van der Waals surface area contributed by atoms with Crippen LogP contribution in [0.1, 0.15) is 47.7 Å². The lowest BCUT2D eigenvalue weighted by Crippen LogP contribution is -2.34. The maximum Gasteiger partial charge on any atom is 0.390 e. The number of aliphatic hydroxyl groups excluding tert-OH is 1. The molecular formula is C25H25F3N4O2. The van der Waals surface area contributed by atoms with Crippen molar-refractivity contribution in [3.05, 3.63) is 53.3 Å². The number of pyridine rings is 1. The Bertz CT molecular complexity index is 1300. The van der Waals surface area contributed by atoms with E-state index in [0.717, 1.165) is 24.0 Å². The molecule has 1 amide bonds. The Morgan fingerprint density at radius 2 is 2.06 bits per heavy atom. The Labute approximate surface area is 195 Å². The highest BCUT2D eigenvalue weighted by Crippen LogP contribution is 2.35. The lowest BCUT2D eigenvalue weighted by molar-refractivity contribution is -0.131. The summed E-state index contributed by atoms with van der Waals surface area (Å²) >= 11 is 0. The topological polar surface area (TPSA) is 78.7 Å². The number of aromatic nitrogens is 2. The van der Waals surface area contributed by atoms with Gasteiger partial charge in [-0.05, 0) is 50.5 Å². The van der Waals surface area contributed by atoms with E-state index in [1.807, 2.05) is 26.0 Å². The molecule has 1 aliphatic carbocycles. The van der Waals surface area contributed by atoms with Gasteiger partial charge in [0.25, 0.3) is 5.91 Å². The Morgan fingerprint density at radius 3 is 2.71 bits per heavy atom. The molecule has 178 valence electrons. The number of nitrogens with one attached hydrogen (secondary N) is 2. The van der Waals surface area contributed by atoms with Crippen molar-refractivity contribution in [2.45, 2.75) is 44.8 Å². The highest BCUT2D eigenvalue weighted by molar-refractivity contribution is 5.97. The number of hydrogen-bond donors (Lipinski definition) is 3. The summed E-state index contributed by atoms with van der Waals surface area (Å²) in [7, 11) is 0. The second-order valence-electron chi connectivity index (χ2n) is 8.78. The molecule has 0 radical (unpaired) electrons. The minimum atomic E-state index is -4.28. The Morgan fingerprint density at radius 1 is 1.29 bits per heavy atom. The number of carbonyl (C=O) groups is 1. The van der Waals surface area contributed by atoms with Crippen molar-refractivity contribution in [1.82, 2.24) is 14.7 Å². The molecule has 0 aliphatic heterocycles. The number of hydrogen-bond acceptors (Lipinski definition) is 4. The third-order valence-electron chi connectivity index (χ3n) is 5.82. The van der Waals surface area contributed by atoms with E-state index >= 15 is 0 Å². The monoisotopic (exact) mass is 470 g/mol. The van der Waals surface area contributed by atoms with Crippen LogP contribution in [-0.4, -0.2) is 45.3 Å². The van der Waals surface area contributed by atoms with E-state index in [-0.39, 0.29) is 24.6 Å². The predicted octanol–water partition coefficient (Wildman–Crippen LogP) is 4.30. The number of carbonyl (C=O) groups excluding carboxylic acids is 1. The number of imidazole rings is 1. The number of aliphatic hydroxyl groups is 1. The largest absolute Gasteiger partial charge is 0.390 e. The second kappa shape index (κ2) is 9.03. The number of halogens is 3. The molecule has 2 aromatic heterocycles. The van der Waals surface area contributed by atoms with Crippen molar-refractivity contribution in [1.29, 1.82) is 0 Å². The highest BCUT2D eigenvalue weighted by atomic mass is 19.4. The number of rotatable bonds is 6. The van der Waals surface area contributed by atoms with Crippen LogP contribution in [0.15, 0.2) is 36.7 Å². The van der Waals surface area contributed by atoms with Gasteiger partial charge in [-0.25, -0.2) is 4.98 Å². The number of amides is 1. The molecule has 0 bridgehead atoms. The average molecular weight is 470 g/mol. The molecule has 3 aromatic rings. The zero-order valence-corrected chi connectivity index (χ0v) is 18.9. The van der Waals surface area contributed by atoms with E-state index < -0.39 is 12.6 Å². The van der Waals surface area contributed by atoms with E-state index in [2.05, 4.69) is 27.5 Å². The van der Waals surface area contributed by atoms with Crippen molar-refractivity contribution >= 4 is 17.2 Å². The summed E-state index contributed by atoms with van der Waals surface area (Å²) in [4.78, 5) is 17.1. The summed E-state index contributed by atoms with van der Waals surface area (Å²) in [5, 5.41) is 14.9. The first-order valence-electron chi connectivity index (χ1n) is 10.9.